The van der Waals surface area contributed by atoms with E-state index in [9.17, 15) is 8.78 Å². The van der Waals surface area contributed by atoms with Crippen molar-refractivity contribution in [3.05, 3.63) is 21.8 Å². The Morgan fingerprint density at radius 3 is 2.71 bits per heavy atom. The van der Waals surface area contributed by atoms with Crippen LogP contribution in [0.2, 0.25) is 0 Å². The Labute approximate surface area is 87.5 Å². The molecule has 0 bridgehead atoms. The van der Waals surface area contributed by atoms with E-state index in [-0.39, 0.29) is 15.9 Å². The van der Waals surface area contributed by atoms with E-state index in [1.54, 1.807) is 6.07 Å². The fraction of sp³-hybridized carbons (Fsp3) is 0.250. The van der Waals surface area contributed by atoms with Gasteiger partial charge in [-0.15, -0.1) is 0 Å². The summed E-state index contributed by atoms with van der Waals surface area (Å²) in [5.41, 5.74) is -0.737. The number of methoxy groups -OCH3 is 1. The zero-order valence-corrected chi connectivity index (χ0v) is 8.68. The predicted molar refractivity (Wildman–Crippen MR) is 48.2 cm³/mol. The van der Waals surface area contributed by atoms with Crippen molar-refractivity contribution in [3.8, 4) is 11.9 Å². The third kappa shape index (κ3) is 1.99. The molecule has 1 heterocycles. The Kier molecular flexibility index (Phi) is 3.36. The summed E-state index contributed by atoms with van der Waals surface area (Å²) in [5, 5.41) is 8.62. The molecule has 0 amide bonds. The summed E-state index contributed by atoms with van der Waals surface area (Å²) in [6.07, 6.45) is -2.80. The highest BCUT2D eigenvalue weighted by atomic mass is 79.9. The van der Waals surface area contributed by atoms with E-state index in [1.165, 1.54) is 13.2 Å². The zero-order valence-electron chi connectivity index (χ0n) is 7.09. The van der Waals surface area contributed by atoms with E-state index in [0.717, 1.165) is 0 Å². The first-order chi connectivity index (χ1) is 6.60. The van der Waals surface area contributed by atoms with Crippen molar-refractivity contribution in [1.82, 2.24) is 4.98 Å². The number of hydrogen-bond acceptors (Lipinski definition) is 3. The first-order valence-electron chi connectivity index (χ1n) is 3.52. The highest BCUT2D eigenvalue weighted by Gasteiger charge is 2.19. The van der Waals surface area contributed by atoms with Crippen LogP contribution in [0.3, 0.4) is 0 Å². The molecule has 3 nitrogen and oxygen atoms in total. The minimum absolute atomic E-state index is 0.0474. The van der Waals surface area contributed by atoms with Crippen LogP contribution in [0.1, 0.15) is 17.7 Å². The molecule has 0 aliphatic rings. The lowest BCUT2D eigenvalue weighted by Crippen LogP contribution is -1.99. The van der Waals surface area contributed by atoms with Gasteiger partial charge in [-0.05, 0) is 15.9 Å². The quantitative estimate of drug-likeness (QED) is 0.823. The molecular weight excluding hydrogens is 258 g/mol. The Hall–Kier alpha value is -1.22. The van der Waals surface area contributed by atoms with Crippen LogP contribution >= 0.6 is 15.9 Å². The maximum atomic E-state index is 12.4. The summed E-state index contributed by atoms with van der Waals surface area (Å²) < 4.78 is 29.8. The number of rotatable bonds is 2. The van der Waals surface area contributed by atoms with Crippen LogP contribution in [0.15, 0.2) is 10.5 Å². The minimum atomic E-state index is -2.80. The smallest absolute Gasteiger partial charge is 0.281 e. The largest absolute Gasteiger partial charge is 0.481 e. The lowest BCUT2D eigenvalue weighted by Gasteiger charge is -2.06. The summed E-state index contributed by atoms with van der Waals surface area (Å²) in [6, 6.07) is 3.02. The average Bonchev–Trinajstić information content (AvgIpc) is 2.16. The Bertz CT molecular complexity index is 390. The molecule has 0 radical (unpaired) electrons. The number of alkyl halides is 2. The van der Waals surface area contributed by atoms with E-state index < -0.39 is 12.1 Å². The lowest BCUT2D eigenvalue weighted by atomic mass is 10.2. The second-order valence-electron chi connectivity index (χ2n) is 2.32. The maximum Gasteiger partial charge on any atom is 0.281 e. The first-order valence-corrected chi connectivity index (χ1v) is 4.32. The van der Waals surface area contributed by atoms with Crippen LogP contribution < -0.4 is 4.74 Å². The van der Waals surface area contributed by atoms with E-state index in [4.69, 9.17) is 10.00 Å². The van der Waals surface area contributed by atoms with Crippen molar-refractivity contribution in [2.24, 2.45) is 0 Å². The molecule has 0 aliphatic heterocycles. The van der Waals surface area contributed by atoms with Gasteiger partial charge in [0.25, 0.3) is 6.43 Å². The lowest BCUT2D eigenvalue weighted by molar-refractivity contribution is 0.144. The molecule has 0 saturated carbocycles. The number of nitriles is 1. The van der Waals surface area contributed by atoms with E-state index >= 15 is 0 Å². The summed E-state index contributed by atoms with van der Waals surface area (Å²) in [6.45, 7) is 0. The van der Waals surface area contributed by atoms with Crippen LogP contribution in [0.25, 0.3) is 0 Å². The van der Waals surface area contributed by atoms with Gasteiger partial charge in [-0.2, -0.15) is 5.26 Å². The minimum Gasteiger partial charge on any atom is -0.481 e. The second kappa shape index (κ2) is 4.33. The van der Waals surface area contributed by atoms with E-state index in [2.05, 4.69) is 20.9 Å². The summed E-state index contributed by atoms with van der Waals surface area (Å²) in [7, 11) is 1.32. The Morgan fingerprint density at radius 2 is 2.29 bits per heavy atom. The molecule has 0 saturated heterocycles. The molecule has 0 fully saturated rings. The molecule has 1 aromatic rings. The van der Waals surface area contributed by atoms with E-state index in [1.807, 2.05) is 0 Å². The SMILES string of the molecule is COc1cc(Br)c(C#N)c(C(F)F)n1. The summed E-state index contributed by atoms with van der Waals surface area (Å²) in [5.74, 6) is 0.0474. The third-order valence-corrected chi connectivity index (χ3v) is 2.13. The molecule has 6 heteroatoms. The molecule has 0 spiro atoms. The van der Waals surface area contributed by atoms with Gasteiger partial charge in [0.05, 0.1) is 12.7 Å². The summed E-state index contributed by atoms with van der Waals surface area (Å²) >= 11 is 2.99. The van der Waals surface area contributed by atoms with Gasteiger partial charge in [0.15, 0.2) is 0 Å². The number of pyridine rings is 1. The van der Waals surface area contributed by atoms with Crippen molar-refractivity contribution in [3.63, 3.8) is 0 Å². The van der Waals surface area contributed by atoms with Gasteiger partial charge in [0.2, 0.25) is 5.88 Å². The van der Waals surface area contributed by atoms with Crippen LogP contribution in [0.5, 0.6) is 5.88 Å². The van der Waals surface area contributed by atoms with Crippen LogP contribution in [0, 0.1) is 11.3 Å². The normalized spacial score (nSPS) is 10.0. The third-order valence-electron chi connectivity index (χ3n) is 1.50. The highest BCUT2D eigenvalue weighted by molar-refractivity contribution is 9.10. The fourth-order valence-electron chi connectivity index (χ4n) is 0.883. The zero-order chi connectivity index (χ0) is 10.7. The Morgan fingerprint density at radius 1 is 1.64 bits per heavy atom. The van der Waals surface area contributed by atoms with Crippen molar-refractivity contribution < 1.29 is 13.5 Å². The molecule has 1 aromatic heterocycles. The van der Waals surface area contributed by atoms with Gasteiger partial charge < -0.3 is 4.74 Å². The van der Waals surface area contributed by atoms with Gasteiger partial charge in [0, 0.05) is 10.5 Å². The molecule has 0 N–H and O–H groups in total. The molecule has 0 atom stereocenters. The molecule has 74 valence electrons. The number of hydrogen-bond donors (Lipinski definition) is 0. The standard InChI is InChI=1S/C8H5BrF2N2O/c1-14-6-2-5(9)4(3-12)7(13-6)8(10)11/h2,8H,1H3. The van der Waals surface area contributed by atoms with Crippen molar-refractivity contribution in [2.75, 3.05) is 7.11 Å². The van der Waals surface area contributed by atoms with E-state index in [0.29, 0.717) is 0 Å². The molecule has 0 aliphatic carbocycles. The van der Waals surface area contributed by atoms with Crippen LogP contribution in [0.4, 0.5) is 8.78 Å². The van der Waals surface area contributed by atoms with Gasteiger partial charge in [0.1, 0.15) is 11.8 Å². The number of halogens is 3. The molecule has 0 unspecified atom stereocenters. The molecule has 1 rings (SSSR count). The van der Waals surface area contributed by atoms with Crippen molar-refractivity contribution in [2.45, 2.75) is 6.43 Å². The first kappa shape index (κ1) is 10.9. The average molecular weight is 263 g/mol. The molecule has 14 heavy (non-hydrogen) atoms. The number of ether oxygens (including phenoxy) is 1. The second-order valence-corrected chi connectivity index (χ2v) is 3.17. The highest BCUT2D eigenvalue weighted by Crippen LogP contribution is 2.29. The van der Waals surface area contributed by atoms with Crippen LogP contribution in [-0.2, 0) is 0 Å². The molecule has 0 aromatic carbocycles. The molecular formula is C8H5BrF2N2O. The summed E-state index contributed by atoms with van der Waals surface area (Å²) in [4.78, 5) is 3.50. The van der Waals surface area contributed by atoms with Gasteiger partial charge in [-0.1, -0.05) is 0 Å². The van der Waals surface area contributed by atoms with Gasteiger partial charge in [-0.25, -0.2) is 13.8 Å². The number of aromatic nitrogens is 1. The van der Waals surface area contributed by atoms with Gasteiger partial charge in [-0.3, -0.25) is 0 Å². The number of nitrogens with zero attached hydrogens (tertiary/aromatic N) is 2. The fourth-order valence-corrected chi connectivity index (χ4v) is 1.37. The van der Waals surface area contributed by atoms with Crippen molar-refractivity contribution in [1.29, 1.82) is 5.26 Å². The predicted octanol–water partition coefficient (Wildman–Crippen LogP) is 2.66. The maximum absolute atomic E-state index is 12.4. The topological polar surface area (TPSA) is 45.9 Å². The Balaban J connectivity index is 3.37. The monoisotopic (exact) mass is 262 g/mol. The van der Waals surface area contributed by atoms with Crippen LogP contribution in [-0.4, -0.2) is 12.1 Å². The van der Waals surface area contributed by atoms with Gasteiger partial charge >= 0.3 is 0 Å². The van der Waals surface area contributed by atoms with Crippen molar-refractivity contribution >= 4 is 15.9 Å².